The van der Waals surface area contributed by atoms with Crippen LogP contribution in [-0.4, -0.2) is 51.8 Å². The van der Waals surface area contributed by atoms with Crippen LogP contribution in [0.3, 0.4) is 0 Å². The molecule has 0 unspecified atom stereocenters. The minimum Gasteiger partial charge on any atom is -0.335 e. The normalized spacial score (nSPS) is 14.6. The number of thiophene rings is 1. The van der Waals surface area contributed by atoms with Gasteiger partial charge in [0, 0.05) is 65.9 Å². The molecule has 11 heteroatoms. The van der Waals surface area contributed by atoms with Crippen LogP contribution in [0.4, 0.5) is 5.69 Å². The molecule has 3 heterocycles. The van der Waals surface area contributed by atoms with Crippen LogP contribution >= 0.6 is 45.9 Å². The SMILES string of the molecule is O=C(c1sc2cc([N+](=O)[O-])ccc2c1Cl)N1CCN(Cc2csc(-c3ccccc3Cl)n2)CC1. The number of carbonyl (C=O) groups excluding carboxylic acids is 1. The number of fused-ring (bicyclic) bond motifs is 1. The zero-order valence-corrected chi connectivity index (χ0v) is 20.9. The van der Waals surface area contributed by atoms with Gasteiger partial charge in [-0.3, -0.25) is 19.8 Å². The van der Waals surface area contributed by atoms with E-state index in [0.717, 1.165) is 29.4 Å². The summed E-state index contributed by atoms with van der Waals surface area (Å²) in [5.74, 6) is -0.136. The first kappa shape index (κ1) is 23.2. The molecule has 0 N–H and O–H groups in total. The second-order valence-corrected chi connectivity index (χ2v) is 10.6. The number of amides is 1. The molecule has 1 fully saturated rings. The Kier molecular flexibility index (Phi) is 6.54. The van der Waals surface area contributed by atoms with E-state index in [1.165, 1.54) is 23.5 Å². The number of nitrogens with zero attached hydrogens (tertiary/aromatic N) is 4. The summed E-state index contributed by atoms with van der Waals surface area (Å²) in [5.41, 5.74) is 1.90. The van der Waals surface area contributed by atoms with E-state index < -0.39 is 4.92 Å². The number of aromatic nitrogens is 1. The van der Waals surface area contributed by atoms with Crippen molar-refractivity contribution in [1.29, 1.82) is 0 Å². The van der Waals surface area contributed by atoms with Gasteiger partial charge in [0.05, 0.1) is 20.7 Å². The molecule has 34 heavy (non-hydrogen) atoms. The number of rotatable bonds is 5. The molecule has 0 radical (unpaired) electrons. The Bertz CT molecular complexity index is 1400. The average molecular weight is 533 g/mol. The van der Waals surface area contributed by atoms with Crippen molar-refractivity contribution < 1.29 is 9.72 Å². The molecule has 1 amide bonds. The molecule has 174 valence electrons. The summed E-state index contributed by atoms with van der Waals surface area (Å²) in [7, 11) is 0. The topological polar surface area (TPSA) is 79.6 Å². The highest BCUT2D eigenvalue weighted by molar-refractivity contribution is 7.21. The van der Waals surface area contributed by atoms with E-state index in [2.05, 4.69) is 4.90 Å². The molecule has 1 saturated heterocycles. The summed E-state index contributed by atoms with van der Waals surface area (Å²) in [6.07, 6.45) is 0. The van der Waals surface area contributed by atoms with E-state index in [9.17, 15) is 14.9 Å². The van der Waals surface area contributed by atoms with Crippen LogP contribution in [0.5, 0.6) is 0 Å². The van der Waals surface area contributed by atoms with Gasteiger partial charge in [-0.15, -0.1) is 22.7 Å². The van der Waals surface area contributed by atoms with E-state index >= 15 is 0 Å². The predicted molar refractivity (Wildman–Crippen MR) is 137 cm³/mol. The number of nitro groups is 1. The lowest BCUT2D eigenvalue weighted by molar-refractivity contribution is -0.384. The van der Waals surface area contributed by atoms with Crippen molar-refractivity contribution in [3.05, 3.63) is 78.6 Å². The van der Waals surface area contributed by atoms with Crippen molar-refractivity contribution in [2.45, 2.75) is 6.54 Å². The molecule has 2 aromatic heterocycles. The fraction of sp³-hybridized carbons (Fsp3) is 0.217. The summed E-state index contributed by atoms with van der Waals surface area (Å²) < 4.78 is 0.638. The summed E-state index contributed by atoms with van der Waals surface area (Å²) in [6, 6.07) is 12.1. The molecular formula is C23H18Cl2N4O3S2. The zero-order valence-electron chi connectivity index (χ0n) is 17.7. The fourth-order valence-electron chi connectivity index (χ4n) is 3.92. The molecule has 1 aliphatic heterocycles. The summed E-state index contributed by atoms with van der Waals surface area (Å²) in [5, 5.41) is 15.7. The van der Waals surface area contributed by atoms with Gasteiger partial charge in [-0.05, 0) is 12.1 Å². The van der Waals surface area contributed by atoms with Gasteiger partial charge in [0.15, 0.2) is 0 Å². The van der Waals surface area contributed by atoms with E-state index in [4.69, 9.17) is 28.2 Å². The lowest BCUT2D eigenvalue weighted by atomic mass is 10.2. The Morgan fingerprint density at radius 2 is 1.88 bits per heavy atom. The van der Waals surface area contributed by atoms with Gasteiger partial charge in [-0.1, -0.05) is 41.4 Å². The molecule has 0 aliphatic carbocycles. The number of nitro benzene ring substituents is 1. The third-order valence-electron chi connectivity index (χ3n) is 5.72. The van der Waals surface area contributed by atoms with Crippen LogP contribution in [-0.2, 0) is 6.54 Å². The summed E-state index contributed by atoms with van der Waals surface area (Å²) in [6.45, 7) is 3.30. The molecule has 0 bridgehead atoms. The first-order valence-electron chi connectivity index (χ1n) is 10.5. The third-order valence-corrected chi connectivity index (χ3v) is 8.62. The van der Waals surface area contributed by atoms with Crippen LogP contribution in [0.2, 0.25) is 10.0 Å². The van der Waals surface area contributed by atoms with Gasteiger partial charge in [-0.2, -0.15) is 0 Å². The number of hydrogen-bond donors (Lipinski definition) is 0. The number of benzene rings is 2. The van der Waals surface area contributed by atoms with E-state index in [0.29, 0.717) is 44.6 Å². The van der Waals surface area contributed by atoms with Crippen molar-refractivity contribution in [3.63, 3.8) is 0 Å². The highest BCUT2D eigenvalue weighted by Gasteiger charge is 2.27. The third kappa shape index (κ3) is 4.54. The maximum Gasteiger partial charge on any atom is 0.270 e. The van der Waals surface area contributed by atoms with Crippen molar-refractivity contribution in [3.8, 4) is 10.6 Å². The molecule has 0 saturated carbocycles. The number of carbonyl (C=O) groups is 1. The van der Waals surface area contributed by atoms with Gasteiger partial charge in [-0.25, -0.2) is 4.98 Å². The van der Waals surface area contributed by atoms with Crippen LogP contribution in [0.25, 0.3) is 20.7 Å². The molecule has 4 aromatic rings. The minimum atomic E-state index is -0.451. The Labute approximate surface area is 213 Å². The minimum absolute atomic E-state index is 0.0160. The Morgan fingerprint density at radius 3 is 2.62 bits per heavy atom. The fourth-order valence-corrected chi connectivity index (χ4v) is 6.57. The Balaban J connectivity index is 1.23. The summed E-state index contributed by atoms with van der Waals surface area (Å²) in [4.78, 5) is 33.0. The maximum absolute atomic E-state index is 13.1. The van der Waals surface area contributed by atoms with Crippen molar-refractivity contribution in [2.24, 2.45) is 0 Å². The van der Waals surface area contributed by atoms with Crippen LogP contribution in [0.1, 0.15) is 15.4 Å². The van der Waals surface area contributed by atoms with Crippen molar-refractivity contribution >= 4 is 67.6 Å². The quantitative estimate of drug-likeness (QED) is 0.226. The first-order chi connectivity index (χ1) is 16.4. The lowest BCUT2D eigenvalue weighted by Crippen LogP contribution is -2.48. The Morgan fingerprint density at radius 1 is 1.12 bits per heavy atom. The molecule has 2 aromatic carbocycles. The van der Waals surface area contributed by atoms with Gasteiger partial charge in [0.25, 0.3) is 11.6 Å². The second kappa shape index (κ2) is 9.59. The summed E-state index contributed by atoms with van der Waals surface area (Å²) >= 11 is 15.5. The second-order valence-electron chi connectivity index (χ2n) is 7.87. The molecule has 1 aliphatic rings. The number of hydrogen-bond acceptors (Lipinski definition) is 7. The van der Waals surface area contributed by atoms with E-state index in [1.54, 1.807) is 22.3 Å². The molecule has 0 atom stereocenters. The maximum atomic E-state index is 13.1. The van der Waals surface area contributed by atoms with Crippen molar-refractivity contribution in [2.75, 3.05) is 26.2 Å². The monoisotopic (exact) mass is 532 g/mol. The van der Waals surface area contributed by atoms with Gasteiger partial charge in [0.2, 0.25) is 0 Å². The van der Waals surface area contributed by atoms with E-state index in [1.807, 2.05) is 29.6 Å². The van der Waals surface area contributed by atoms with Crippen LogP contribution in [0, 0.1) is 10.1 Å². The number of halogens is 2. The highest BCUT2D eigenvalue weighted by atomic mass is 35.5. The van der Waals surface area contributed by atoms with Gasteiger partial charge in [0.1, 0.15) is 9.88 Å². The van der Waals surface area contributed by atoms with Crippen LogP contribution in [0.15, 0.2) is 47.8 Å². The van der Waals surface area contributed by atoms with Gasteiger partial charge >= 0.3 is 0 Å². The van der Waals surface area contributed by atoms with E-state index in [-0.39, 0.29) is 11.6 Å². The molecule has 5 rings (SSSR count). The van der Waals surface area contributed by atoms with Crippen LogP contribution < -0.4 is 0 Å². The van der Waals surface area contributed by atoms with Crippen molar-refractivity contribution in [1.82, 2.24) is 14.8 Å². The Hall–Kier alpha value is -2.56. The average Bonchev–Trinajstić information content (AvgIpc) is 3.43. The number of non-ortho nitro benzene ring substituents is 1. The number of thiazole rings is 1. The smallest absolute Gasteiger partial charge is 0.270 e. The molecule has 7 nitrogen and oxygen atoms in total. The molecule has 0 spiro atoms. The first-order valence-corrected chi connectivity index (χ1v) is 12.9. The zero-order chi connectivity index (χ0) is 23.8. The largest absolute Gasteiger partial charge is 0.335 e. The standard InChI is InChI=1S/C23H18Cl2N4O3S2/c24-18-4-2-1-3-16(18)22-26-14(13-33-22)12-27-7-9-28(10-8-27)23(30)21-20(25)17-6-5-15(29(31)32)11-19(17)34-21/h1-6,11,13H,7-10,12H2. The molecular weight excluding hydrogens is 515 g/mol. The lowest BCUT2D eigenvalue weighted by Gasteiger charge is -2.34. The highest BCUT2D eigenvalue weighted by Crippen LogP contribution is 2.38. The van der Waals surface area contributed by atoms with Gasteiger partial charge < -0.3 is 4.90 Å². The number of piperazine rings is 1. The predicted octanol–water partition coefficient (Wildman–Crippen LogP) is 6.20.